The number of carbonyl (C=O) groups is 2. The first-order valence-electron chi connectivity index (χ1n) is 6.42. The maximum atomic E-state index is 12.5. The van der Waals surface area contributed by atoms with Gasteiger partial charge in [0.2, 0.25) is 5.91 Å². The molecule has 0 radical (unpaired) electrons. The molecule has 1 N–H and O–H groups in total. The predicted molar refractivity (Wildman–Crippen MR) is 76.0 cm³/mol. The summed E-state index contributed by atoms with van der Waals surface area (Å²) in [5.74, 6) is -0.00776. The van der Waals surface area contributed by atoms with E-state index in [0.29, 0.717) is 31.7 Å². The highest BCUT2D eigenvalue weighted by Gasteiger charge is 2.23. The van der Waals surface area contributed by atoms with Crippen LogP contribution < -0.4 is 5.32 Å². The predicted octanol–water partition coefficient (Wildman–Crippen LogP) is 1.79. The molecule has 1 saturated heterocycles. The Morgan fingerprint density at radius 2 is 2.16 bits per heavy atom. The monoisotopic (exact) mass is 327 g/mol. The first-order valence-corrected chi connectivity index (χ1v) is 7.21. The minimum atomic E-state index is -0.0177. The number of nitrogens with one attached hydrogen (secondary N) is 1. The molecule has 2 amide bonds. The number of hydrogen-bond donors (Lipinski definition) is 1. The third-order valence-electron chi connectivity index (χ3n) is 3.19. The zero-order chi connectivity index (χ0) is 14.0. The van der Waals surface area contributed by atoms with Gasteiger partial charge < -0.3 is 14.8 Å². The Morgan fingerprint density at radius 3 is 2.84 bits per heavy atom. The Balaban J connectivity index is 2.21. The Labute approximate surface area is 121 Å². The highest BCUT2D eigenvalue weighted by Crippen LogP contribution is 2.21. The van der Waals surface area contributed by atoms with Crippen LogP contribution in [0.4, 0.5) is 0 Å². The molecule has 104 valence electrons. The third-order valence-corrected chi connectivity index (χ3v) is 3.62. The summed E-state index contributed by atoms with van der Waals surface area (Å²) >= 11 is 3.41. The first kappa shape index (κ1) is 14.1. The number of halogens is 1. The molecule has 0 unspecified atom stereocenters. The largest absolute Gasteiger partial charge is 0.354 e. The van der Waals surface area contributed by atoms with Crippen LogP contribution in [0.5, 0.6) is 0 Å². The van der Waals surface area contributed by atoms with E-state index in [9.17, 15) is 9.59 Å². The van der Waals surface area contributed by atoms with Crippen molar-refractivity contribution in [1.29, 1.82) is 0 Å². The van der Waals surface area contributed by atoms with Crippen molar-refractivity contribution < 1.29 is 9.59 Å². The molecule has 0 spiro atoms. The molecule has 0 aromatic carbocycles. The van der Waals surface area contributed by atoms with Gasteiger partial charge in [0, 0.05) is 42.8 Å². The van der Waals surface area contributed by atoms with E-state index in [0.717, 1.165) is 4.47 Å². The molecule has 1 aromatic rings. The first-order chi connectivity index (χ1) is 8.99. The van der Waals surface area contributed by atoms with Crippen LogP contribution in [0.1, 0.15) is 36.8 Å². The molecule has 0 aliphatic carbocycles. The molecule has 5 nitrogen and oxygen atoms in total. The smallest absolute Gasteiger partial charge is 0.270 e. The summed E-state index contributed by atoms with van der Waals surface area (Å²) in [4.78, 5) is 25.6. The van der Waals surface area contributed by atoms with Crippen LogP contribution in [0.15, 0.2) is 16.7 Å². The SMILES string of the molecule is CC(C)n1cc(Br)cc1C(=O)N1CCNC(=O)CC1. The van der Waals surface area contributed by atoms with Gasteiger partial charge in [0.15, 0.2) is 0 Å². The minimum Gasteiger partial charge on any atom is -0.354 e. The van der Waals surface area contributed by atoms with E-state index >= 15 is 0 Å². The lowest BCUT2D eigenvalue weighted by atomic mass is 10.3. The third kappa shape index (κ3) is 3.18. The summed E-state index contributed by atoms with van der Waals surface area (Å²) in [5, 5.41) is 2.77. The second-order valence-electron chi connectivity index (χ2n) is 4.94. The number of rotatable bonds is 2. The van der Waals surface area contributed by atoms with Crippen molar-refractivity contribution in [2.24, 2.45) is 0 Å². The second-order valence-corrected chi connectivity index (χ2v) is 5.85. The second kappa shape index (κ2) is 5.77. The van der Waals surface area contributed by atoms with E-state index in [2.05, 4.69) is 21.2 Å². The van der Waals surface area contributed by atoms with Crippen LogP contribution in [0, 0.1) is 0 Å². The highest BCUT2D eigenvalue weighted by molar-refractivity contribution is 9.10. The normalized spacial score (nSPS) is 16.4. The average Bonchev–Trinajstić information content (AvgIpc) is 2.61. The van der Waals surface area contributed by atoms with Crippen molar-refractivity contribution in [3.63, 3.8) is 0 Å². The van der Waals surface area contributed by atoms with Crippen molar-refractivity contribution in [3.8, 4) is 0 Å². The number of hydrogen-bond acceptors (Lipinski definition) is 2. The van der Waals surface area contributed by atoms with E-state index in [1.165, 1.54) is 0 Å². The molecule has 1 aliphatic heterocycles. The molecule has 2 rings (SSSR count). The van der Waals surface area contributed by atoms with Gasteiger partial charge in [0.1, 0.15) is 5.69 Å². The Morgan fingerprint density at radius 1 is 1.42 bits per heavy atom. The summed E-state index contributed by atoms with van der Waals surface area (Å²) in [6, 6.07) is 2.06. The molecule has 0 bridgehead atoms. The fraction of sp³-hybridized carbons (Fsp3) is 0.538. The van der Waals surface area contributed by atoms with Gasteiger partial charge in [-0.25, -0.2) is 0 Å². The van der Waals surface area contributed by atoms with Crippen molar-refractivity contribution in [3.05, 3.63) is 22.4 Å². The topological polar surface area (TPSA) is 54.3 Å². The molecule has 6 heteroatoms. The molecule has 1 aromatic heterocycles. The maximum absolute atomic E-state index is 12.5. The average molecular weight is 328 g/mol. The van der Waals surface area contributed by atoms with Gasteiger partial charge in [-0.2, -0.15) is 0 Å². The lowest BCUT2D eigenvalue weighted by molar-refractivity contribution is -0.120. The van der Waals surface area contributed by atoms with Gasteiger partial charge in [0.25, 0.3) is 5.91 Å². The van der Waals surface area contributed by atoms with Crippen molar-refractivity contribution >= 4 is 27.7 Å². The fourth-order valence-electron chi connectivity index (χ4n) is 2.18. The Kier molecular flexibility index (Phi) is 4.29. The zero-order valence-electron chi connectivity index (χ0n) is 11.1. The van der Waals surface area contributed by atoms with Crippen LogP contribution >= 0.6 is 15.9 Å². The zero-order valence-corrected chi connectivity index (χ0v) is 12.7. The van der Waals surface area contributed by atoms with Gasteiger partial charge in [-0.1, -0.05) is 0 Å². The summed E-state index contributed by atoms with van der Waals surface area (Å²) < 4.78 is 2.85. The van der Waals surface area contributed by atoms with Crippen LogP contribution in [-0.4, -0.2) is 40.9 Å². The van der Waals surface area contributed by atoms with Crippen molar-refractivity contribution in [2.45, 2.75) is 26.3 Å². The number of aromatic nitrogens is 1. The molecular weight excluding hydrogens is 310 g/mol. The summed E-state index contributed by atoms with van der Waals surface area (Å²) in [6.07, 6.45) is 2.29. The maximum Gasteiger partial charge on any atom is 0.270 e. The molecule has 1 aliphatic rings. The van der Waals surface area contributed by atoms with Gasteiger partial charge >= 0.3 is 0 Å². The van der Waals surface area contributed by atoms with E-state index in [1.54, 1.807) is 4.90 Å². The quantitative estimate of drug-likeness (QED) is 0.900. The van der Waals surface area contributed by atoms with E-state index in [4.69, 9.17) is 0 Å². The number of nitrogens with zero attached hydrogens (tertiary/aromatic N) is 2. The fourth-order valence-corrected chi connectivity index (χ4v) is 2.61. The van der Waals surface area contributed by atoms with E-state index in [-0.39, 0.29) is 17.9 Å². The number of amides is 2. The Hall–Kier alpha value is -1.30. The standard InChI is InChI=1S/C13H18BrN3O2/c1-9(2)17-8-10(14)7-11(17)13(19)16-5-3-12(18)15-4-6-16/h7-9H,3-6H2,1-2H3,(H,15,18). The highest BCUT2D eigenvalue weighted by atomic mass is 79.9. The van der Waals surface area contributed by atoms with Gasteiger partial charge in [-0.05, 0) is 35.8 Å². The van der Waals surface area contributed by atoms with Gasteiger partial charge in [0.05, 0.1) is 0 Å². The van der Waals surface area contributed by atoms with Crippen LogP contribution in [0.2, 0.25) is 0 Å². The molecule has 0 atom stereocenters. The van der Waals surface area contributed by atoms with Gasteiger partial charge in [-0.15, -0.1) is 0 Å². The van der Waals surface area contributed by atoms with Crippen LogP contribution in [0.25, 0.3) is 0 Å². The minimum absolute atomic E-state index is 0.00993. The van der Waals surface area contributed by atoms with Crippen LogP contribution in [0.3, 0.4) is 0 Å². The summed E-state index contributed by atoms with van der Waals surface area (Å²) in [5.41, 5.74) is 0.663. The lowest BCUT2D eigenvalue weighted by Crippen LogP contribution is -2.35. The van der Waals surface area contributed by atoms with E-state index < -0.39 is 0 Å². The molecule has 2 heterocycles. The number of carbonyl (C=O) groups excluding carboxylic acids is 2. The van der Waals surface area contributed by atoms with Crippen molar-refractivity contribution in [1.82, 2.24) is 14.8 Å². The lowest BCUT2D eigenvalue weighted by Gasteiger charge is -2.21. The Bertz CT molecular complexity index is 496. The van der Waals surface area contributed by atoms with Gasteiger partial charge in [-0.3, -0.25) is 9.59 Å². The molecule has 19 heavy (non-hydrogen) atoms. The molecule has 1 fully saturated rings. The van der Waals surface area contributed by atoms with Crippen LogP contribution in [-0.2, 0) is 4.79 Å². The van der Waals surface area contributed by atoms with Crippen molar-refractivity contribution in [2.75, 3.05) is 19.6 Å². The van der Waals surface area contributed by atoms with E-state index in [1.807, 2.05) is 30.7 Å². The summed E-state index contributed by atoms with van der Waals surface area (Å²) in [6.45, 7) is 5.64. The molecular formula is C13H18BrN3O2. The molecule has 0 saturated carbocycles. The summed E-state index contributed by atoms with van der Waals surface area (Å²) in [7, 11) is 0.